The summed E-state index contributed by atoms with van der Waals surface area (Å²) in [7, 11) is 0. The molecule has 5 nitrogen and oxygen atoms in total. The Morgan fingerprint density at radius 1 is 1.25 bits per heavy atom. The SMILES string of the molecule is CCC(=O)c1cc(C(=O)C[C@H]2C[C@@H]2C)cc(Cc2cnc(C)c3[nH]ccc23)n1. The van der Waals surface area contributed by atoms with E-state index in [4.69, 9.17) is 0 Å². The van der Waals surface area contributed by atoms with Crippen molar-refractivity contribution in [1.29, 1.82) is 0 Å². The largest absolute Gasteiger partial charge is 0.360 e. The number of ketones is 2. The molecule has 5 heteroatoms. The molecule has 1 saturated carbocycles. The summed E-state index contributed by atoms with van der Waals surface area (Å²) >= 11 is 0. The molecule has 3 aromatic heterocycles. The molecular formula is C23H25N3O2. The number of hydrogen-bond donors (Lipinski definition) is 1. The van der Waals surface area contributed by atoms with Gasteiger partial charge in [-0.05, 0) is 48.9 Å². The molecule has 0 amide bonds. The van der Waals surface area contributed by atoms with Gasteiger partial charge in [-0.1, -0.05) is 13.8 Å². The lowest BCUT2D eigenvalue weighted by molar-refractivity contribution is 0.0974. The van der Waals surface area contributed by atoms with Crippen LogP contribution in [0.15, 0.2) is 30.6 Å². The predicted molar refractivity (Wildman–Crippen MR) is 109 cm³/mol. The molecule has 144 valence electrons. The van der Waals surface area contributed by atoms with Crippen molar-refractivity contribution < 1.29 is 9.59 Å². The van der Waals surface area contributed by atoms with E-state index in [1.165, 1.54) is 0 Å². The van der Waals surface area contributed by atoms with Crippen LogP contribution in [-0.4, -0.2) is 26.5 Å². The van der Waals surface area contributed by atoms with Gasteiger partial charge in [0, 0.05) is 48.3 Å². The van der Waals surface area contributed by atoms with Crippen molar-refractivity contribution >= 4 is 22.5 Å². The molecular weight excluding hydrogens is 350 g/mol. The average molecular weight is 375 g/mol. The lowest BCUT2D eigenvalue weighted by Crippen LogP contribution is -2.09. The van der Waals surface area contributed by atoms with Gasteiger partial charge in [0.05, 0.1) is 11.2 Å². The lowest BCUT2D eigenvalue weighted by atomic mass is 10.00. The highest BCUT2D eigenvalue weighted by Gasteiger charge is 2.34. The third-order valence-electron chi connectivity index (χ3n) is 5.77. The number of hydrogen-bond acceptors (Lipinski definition) is 4. The van der Waals surface area contributed by atoms with Gasteiger partial charge in [-0.3, -0.25) is 14.6 Å². The number of aromatic amines is 1. The second kappa shape index (κ2) is 7.30. The van der Waals surface area contributed by atoms with Gasteiger partial charge in [-0.25, -0.2) is 4.98 Å². The summed E-state index contributed by atoms with van der Waals surface area (Å²) in [6, 6.07) is 5.55. The number of pyridine rings is 2. The summed E-state index contributed by atoms with van der Waals surface area (Å²) in [5.74, 6) is 1.18. The van der Waals surface area contributed by atoms with Gasteiger partial charge < -0.3 is 4.98 Å². The zero-order chi connectivity index (χ0) is 19.8. The number of H-pyrrole nitrogens is 1. The first-order valence-corrected chi connectivity index (χ1v) is 9.95. The zero-order valence-electron chi connectivity index (χ0n) is 16.6. The van der Waals surface area contributed by atoms with Crippen molar-refractivity contribution in [2.45, 2.75) is 46.5 Å². The number of nitrogens with zero attached hydrogens (tertiary/aromatic N) is 2. The number of aryl methyl sites for hydroxylation is 1. The van der Waals surface area contributed by atoms with Crippen molar-refractivity contribution in [2.24, 2.45) is 11.8 Å². The van der Waals surface area contributed by atoms with Crippen molar-refractivity contribution in [3.63, 3.8) is 0 Å². The number of nitrogens with one attached hydrogen (secondary N) is 1. The molecule has 1 N–H and O–H groups in total. The number of aromatic nitrogens is 3. The Balaban J connectivity index is 1.69. The van der Waals surface area contributed by atoms with Crippen LogP contribution in [0.4, 0.5) is 0 Å². The molecule has 0 aromatic carbocycles. The van der Waals surface area contributed by atoms with Crippen LogP contribution < -0.4 is 0 Å². The smallest absolute Gasteiger partial charge is 0.180 e. The van der Waals surface area contributed by atoms with E-state index in [0.717, 1.165) is 34.3 Å². The molecule has 0 radical (unpaired) electrons. The predicted octanol–water partition coefficient (Wildman–Crippen LogP) is 4.68. The normalized spacial score (nSPS) is 18.4. The highest BCUT2D eigenvalue weighted by molar-refractivity contribution is 6.00. The first-order valence-electron chi connectivity index (χ1n) is 9.95. The van der Waals surface area contributed by atoms with E-state index in [1.54, 1.807) is 6.07 Å². The Bertz CT molecular complexity index is 1070. The highest BCUT2D eigenvalue weighted by atomic mass is 16.1. The first-order chi connectivity index (χ1) is 13.5. The number of rotatable bonds is 7. The maximum absolute atomic E-state index is 12.8. The van der Waals surface area contributed by atoms with Crippen molar-refractivity contribution in [2.75, 3.05) is 0 Å². The van der Waals surface area contributed by atoms with Crippen LogP contribution in [0.2, 0.25) is 0 Å². The van der Waals surface area contributed by atoms with Crippen molar-refractivity contribution in [1.82, 2.24) is 15.0 Å². The van der Waals surface area contributed by atoms with Gasteiger partial charge in [0.25, 0.3) is 0 Å². The minimum Gasteiger partial charge on any atom is -0.360 e. The lowest BCUT2D eigenvalue weighted by Gasteiger charge is -2.09. The fourth-order valence-corrected chi connectivity index (χ4v) is 3.78. The molecule has 3 aromatic rings. The molecule has 4 rings (SSSR count). The molecule has 3 heterocycles. The summed E-state index contributed by atoms with van der Waals surface area (Å²) in [6.45, 7) is 5.96. The average Bonchev–Trinajstić information content (AvgIpc) is 3.17. The quantitative estimate of drug-likeness (QED) is 0.609. The van der Waals surface area contributed by atoms with Gasteiger partial charge in [0.15, 0.2) is 11.6 Å². The van der Waals surface area contributed by atoms with Crippen LogP contribution in [0, 0.1) is 18.8 Å². The summed E-state index contributed by atoms with van der Waals surface area (Å²) in [5, 5.41) is 1.10. The van der Waals surface area contributed by atoms with Crippen molar-refractivity contribution in [3.05, 3.63) is 58.8 Å². The van der Waals surface area contributed by atoms with Gasteiger partial charge in [-0.15, -0.1) is 0 Å². The van der Waals surface area contributed by atoms with Crippen LogP contribution in [0.5, 0.6) is 0 Å². The molecule has 2 atom stereocenters. The molecule has 28 heavy (non-hydrogen) atoms. The number of carbonyl (C=O) groups excluding carboxylic acids is 2. The molecule has 0 unspecified atom stereocenters. The topological polar surface area (TPSA) is 75.7 Å². The summed E-state index contributed by atoms with van der Waals surface area (Å²) in [5.41, 5.74) is 4.71. The Labute approximate surface area is 164 Å². The zero-order valence-corrected chi connectivity index (χ0v) is 16.6. The minimum atomic E-state index is -0.0375. The van der Waals surface area contributed by atoms with E-state index in [9.17, 15) is 9.59 Å². The summed E-state index contributed by atoms with van der Waals surface area (Å²) < 4.78 is 0. The molecule has 0 saturated heterocycles. The second-order valence-electron chi connectivity index (χ2n) is 7.92. The van der Waals surface area contributed by atoms with Crippen molar-refractivity contribution in [3.8, 4) is 0 Å². The Kier molecular flexibility index (Phi) is 4.84. The van der Waals surface area contributed by atoms with Gasteiger partial charge >= 0.3 is 0 Å². The monoisotopic (exact) mass is 375 g/mol. The summed E-state index contributed by atoms with van der Waals surface area (Å²) in [4.78, 5) is 37.3. The highest BCUT2D eigenvalue weighted by Crippen LogP contribution is 2.41. The van der Waals surface area contributed by atoms with Gasteiger partial charge in [0.2, 0.25) is 0 Å². The molecule has 0 bridgehead atoms. The first kappa shape index (κ1) is 18.5. The van der Waals surface area contributed by atoms with Crippen LogP contribution >= 0.6 is 0 Å². The van der Waals surface area contributed by atoms with E-state index in [-0.39, 0.29) is 11.6 Å². The van der Waals surface area contributed by atoms with E-state index in [0.29, 0.717) is 42.4 Å². The third kappa shape index (κ3) is 3.61. The molecule has 1 fully saturated rings. The molecule has 1 aliphatic rings. The van der Waals surface area contributed by atoms with Gasteiger partial charge in [-0.2, -0.15) is 0 Å². The molecule has 0 aliphatic heterocycles. The fraction of sp³-hybridized carbons (Fsp3) is 0.391. The van der Waals surface area contributed by atoms with Crippen LogP contribution in [0.1, 0.15) is 70.9 Å². The Morgan fingerprint density at radius 3 is 2.75 bits per heavy atom. The molecule has 0 spiro atoms. The number of carbonyl (C=O) groups is 2. The van der Waals surface area contributed by atoms with Crippen LogP contribution in [0.3, 0.4) is 0 Å². The van der Waals surface area contributed by atoms with E-state index >= 15 is 0 Å². The van der Waals surface area contributed by atoms with E-state index in [2.05, 4.69) is 21.9 Å². The molecule has 1 aliphatic carbocycles. The van der Waals surface area contributed by atoms with Crippen LogP contribution in [0.25, 0.3) is 10.9 Å². The number of fused-ring (bicyclic) bond motifs is 1. The fourth-order valence-electron chi connectivity index (χ4n) is 3.78. The summed E-state index contributed by atoms with van der Waals surface area (Å²) in [6.07, 6.45) is 6.34. The Morgan fingerprint density at radius 2 is 2.04 bits per heavy atom. The second-order valence-corrected chi connectivity index (χ2v) is 7.92. The maximum Gasteiger partial charge on any atom is 0.180 e. The number of Topliss-reactive ketones (excluding diaryl/α,β-unsaturated/α-hetero) is 2. The standard InChI is InChI=1S/C23H25N3O2/c1-4-21(27)20-10-16(22(28)11-15-7-13(15)2)8-18(26-20)9-17-12-25-14(3)23-19(17)5-6-24-23/h5-6,8,10,12-13,15,24H,4,7,9,11H2,1-3H3/t13-,15+/m0/s1. The Hall–Kier alpha value is -2.82. The van der Waals surface area contributed by atoms with Crippen LogP contribution in [-0.2, 0) is 6.42 Å². The van der Waals surface area contributed by atoms with E-state index < -0.39 is 0 Å². The maximum atomic E-state index is 12.8. The third-order valence-corrected chi connectivity index (χ3v) is 5.77. The van der Waals surface area contributed by atoms with Gasteiger partial charge in [0.1, 0.15) is 5.69 Å². The minimum absolute atomic E-state index is 0.0375. The van der Waals surface area contributed by atoms with E-state index in [1.807, 2.05) is 38.4 Å².